The molecule has 0 aromatic heterocycles. The van der Waals surface area contributed by atoms with Gasteiger partial charge >= 0.3 is 5.97 Å². The molecule has 0 saturated heterocycles. The number of phosphoric ester groups is 1. The Morgan fingerprint density at radius 2 is 0.793 bits per heavy atom. The molecule has 0 aromatic carbocycles. The molecule has 0 aliphatic carbocycles. The van der Waals surface area contributed by atoms with Gasteiger partial charge in [-0.25, -0.2) is 0 Å². The van der Waals surface area contributed by atoms with E-state index in [1.54, 1.807) is 0 Å². The fourth-order valence-electron chi connectivity index (χ4n) is 7.49. The molecule has 0 aliphatic rings. The Balaban J connectivity index is 3.92. The minimum Gasteiger partial charge on any atom is -0.756 e. The Labute approximate surface area is 361 Å². The van der Waals surface area contributed by atoms with Crippen LogP contribution in [-0.4, -0.2) is 70.7 Å². The number of nitrogens with zero attached hydrogens (tertiary/aromatic N) is 1. The molecule has 9 heteroatoms. The van der Waals surface area contributed by atoms with Crippen LogP contribution in [0.4, 0.5) is 0 Å². The van der Waals surface area contributed by atoms with E-state index in [2.05, 4.69) is 13.8 Å². The number of hydrogen-bond acceptors (Lipinski definition) is 7. The predicted octanol–water partition coefficient (Wildman–Crippen LogP) is 14.6. The summed E-state index contributed by atoms with van der Waals surface area (Å²) < 4.78 is 34.6. The number of unbranched alkanes of at least 4 members (excludes halogenated alkanes) is 34. The van der Waals surface area contributed by atoms with E-state index < -0.39 is 13.9 Å². The smallest absolute Gasteiger partial charge is 0.306 e. The molecule has 2 unspecified atom stereocenters. The van der Waals surface area contributed by atoms with Gasteiger partial charge in [0.15, 0.2) is 0 Å². The van der Waals surface area contributed by atoms with Crippen molar-refractivity contribution in [2.45, 2.75) is 258 Å². The molecular formula is C49H100NO7P. The third kappa shape index (κ3) is 46.6. The summed E-state index contributed by atoms with van der Waals surface area (Å²) in [7, 11) is 1.38. The zero-order chi connectivity index (χ0) is 42.7. The van der Waals surface area contributed by atoms with Crippen molar-refractivity contribution in [3.05, 3.63) is 0 Å². The minimum absolute atomic E-state index is 0.0313. The molecule has 0 N–H and O–H groups in total. The largest absolute Gasteiger partial charge is 0.756 e. The number of esters is 1. The monoisotopic (exact) mass is 846 g/mol. The fraction of sp³-hybridized carbons (Fsp3) is 0.980. The first-order valence-electron chi connectivity index (χ1n) is 25.3. The Kier molecular flexibility index (Phi) is 42.8. The Hall–Kier alpha value is -0.500. The molecule has 0 aliphatic heterocycles. The Bertz CT molecular complexity index is 899. The van der Waals surface area contributed by atoms with Crippen molar-refractivity contribution < 1.29 is 37.3 Å². The van der Waals surface area contributed by atoms with Crippen LogP contribution in [0.3, 0.4) is 0 Å². The van der Waals surface area contributed by atoms with Crippen LogP contribution in [0.1, 0.15) is 251 Å². The first kappa shape index (κ1) is 57.5. The van der Waals surface area contributed by atoms with Gasteiger partial charge in [0.1, 0.15) is 19.3 Å². The number of phosphoric acid groups is 1. The number of carbonyl (C=O) groups is 1. The number of likely N-dealkylation sites (N-methyl/N-ethyl adjacent to an activating group) is 1. The molecule has 0 heterocycles. The van der Waals surface area contributed by atoms with Gasteiger partial charge in [-0.2, -0.15) is 0 Å². The third-order valence-electron chi connectivity index (χ3n) is 11.4. The van der Waals surface area contributed by atoms with Gasteiger partial charge < -0.3 is 27.9 Å². The summed E-state index contributed by atoms with van der Waals surface area (Å²) in [5.74, 6) is -0.330. The minimum atomic E-state index is -4.52. The van der Waals surface area contributed by atoms with E-state index in [1.807, 2.05) is 21.1 Å². The molecule has 0 bridgehead atoms. The van der Waals surface area contributed by atoms with E-state index in [0.29, 0.717) is 24.1 Å². The second-order valence-electron chi connectivity index (χ2n) is 18.5. The molecule has 0 radical (unpaired) electrons. The lowest BCUT2D eigenvalue weighted by Gasteiger charge is -2.28. The molecular weight excluding hydrogens is 746 g/mol. The van der Waals surface area contributed by atoms with Crippen LogP contribution in [0.5, 0.6) is 0 Å². The van der Waals surface area contributed by atoms with Crippen molar-refractivity contribution in [3.63, 3.8) is 0 Å². The van der Waals surface area contributed by atoms with Gasteiger partial charge in [-0.3, -0.25) is 9.36 Å². The highest BCUT2D eigenvalue weighted by atomic mass is 31.2. The van der Waals surface area contributed by atoms with Crippen molar-refractivity contribution in [3.8, 4) is 0 Å². The standard InChI is InChI=1S/C49H100NO7P/c1-6-8-10-12-14-16-18-19-20-21-22-23-24-25-26-27-28-29-30-31-32-33-35-37-39-41-44-54-46-48(47-56-58(52,53)55-45-43-50(3,4)5)57-49(51)42-40-38-36-34-17-15-13-11-9-7-2/h48H,6-47H2,1-5H3. The lowest BCUT2D eigenvalue weighted by atomic mass is 10.0. The van der Waals surface area contributed by atoms with E-state index >= 15 is 0 Å². The summed E-state index contributed by atoms with van der Waals surface area (Å²) >= 11 is 0. The molecule has 0 saturated carbocycles. The fourth-order valence-corrected chi connectivity index (χ4v) is 8.22. The van der Waals surface area contributed by atoms with Crippen LogP contribution < -0.4 is 4.89 Å². The molecule has 0 fully saturated rings. The zero-order valence-electron chi connectivity index (χ0n) is 39.5. The van der Waals surface area contributed by atoms with E-state index in [-0.39, 0.29) is 25.8 Å². The highest BCUT2D eigenvalue weighted by Gasteiger charge is 2.20. The van der Waals surface area contributed by atoms with Crippen LogP contribution in [0, 0.1) is 0 Å². The summed E-state index contributed by atoms with van der Waals surface area (Å²) in [6.07, 6.45) is 47.2. The topological polar surface area (TPSA) is 94.1 Å². The third-order valence-corrected chi connectivity index (χ3v) is 12.4. The predicted molar refractivity (Wildman–Crippen MR) is 245 cm³/mol. The number of hydrogen-bond donors (Lipinski definition) is 0. The number of ether oxygens (including phenoxy) is 2. The number of rotatable bonds is 48. The molecule has 2 atom stereocenters. The van der Waals surface area contributed by atoms with Crippen molar-refractivity contribution in [2.24, 2.45) is 0 Å². The highest BCUT2D eigenvalue weighted by molar-refractivity contribution is 7.45. The highest BCUT2D eigenvalue weighted by Crippen LogP contribution is 2.38. The summed E-state index contributed by atoms with van der Waals surface area (Å²) in [5, 5.41) is 0. The van der Waals surface area contributed by atoms with E-state index in [4.69, 9.17) is 18.5 Å². The van der Waals surface area contributed by atoms with Crippen molar-refractivity contribution in [2.75, 3.05) is 54.1 Å². The van der Waals surface area contributed by atoms with Crippen LogP contribution in [0.25, 0.3) is 0 Å². The van der Waals surface area contributed by atoms with Gasteiger partial charge in [-0.15, -0.1) is 0 Å². The van der Waals surface area contributed by atoms with Gasteiger partial charge in [-0.1, -0.05) is 232 Å². The summed E-state index contributed by atoms with van der Waals surface area (Å²) in [6.45, 7) is 5.46. The van der Waals surface area contributed by atoms with Crippen molar-refractivity contribution >= 4 is 13.8 Å². The number of quaternary nitrogens is 1. The Morgan fingerprint density at radius 3 is 1.14 bits per heavy atom. The molecule has 348 valence electrons. The molecule has 0 amide bonds. The van der Waals surface area contributed by atoms with E-state index in [0.717, 1.165) is 32.1 Å². The quantitative estimate of drug-likeness (QED) is 0.0260. The zero-order valence-corrected chi connectivity index (χ0v) is 40.4. The first-order valence-corrected chi connectivity index (χ1v) is 26.7. The van der Waals surface area contributed by atoms with Gasteiger partial charge in [0.25, 0.3) is 7.82 Å². The Morgan fingerprint density at radius 1 is 0.466 bits per heavy atom. The van der Waals surface area contributed by atoms with Crippen LogP contribution in [-0.2, 0) is 27.9 Å². The average Bonchev–Trinajstić information content (AvgIpc) is 3.18. The lowest BCUT2D eigenvalue weighted by molar-refractivity contribution is -0.870. The van der Waals surface area contributed by atoms with E-state index in [1.165, 1.54) is 199 Å². The second kappa shape index (κ2) is 43.2. The van der Waals surface area contributed by atoms with Gasteiger partial charge in [0.2, 0.25) is 0 Å². The molecule has 58 heavy (non-hydrogen) atoms. The maximum Gasteiger partial charge on any atom is 0.306 e. The SMILES string of the molecule is CCCCCCCCCCCCCCCCCCCCCCCCCCCCOCC(COP(=O)([O-])OCC[N+](C)(C)C)OC(=O)CCCCCCCCCCCC. The van der Waals surface area contributed by atoms with E-state index in [9.17, 15) is 14.3 Å². The summed E-state index contributed by atoms with van der Waals surface area (Å²) in [4.78, 5) is 25.0. The van der Waals surface area contributed by atoms with Crippen LogP contribution in [0.2, 0.25) is 0 Å². The van der Waals surface area contributed by atoms with Crippen molar-refractivity contribution in [1.82, 2.24) is 0 Å². The average molecular weight is 846 g/mol. The van der Waals surface area contributed by atoms with Gasteiger partial charge in [0, 0.05) is 13.0 Å². The summed E-state index contributed by atoms with van der Waals surface area (Å²) in [5.41, 5.74) is 0. The van der Waals surface area contributed by atoms with Crippen LogP contribution >= 0.6 is 7.82 Å². The lowest BCUT2D eigenvalue weighted by Crippen LogP contribution is -2.37. The summed E-state index contributed by atoms with van der Waals surface area (Å²) in [6, 6.07) is 0. The molecule has 8 nitrogen and oxygen atoms in total. The van der Waals surface area contributed by atoms with Crippen molar-refractivity contribution in [1.29, 1.82) is 0 Å². The number of carbonyl (C=O) groups excluding carboxylic acids is 1. The molecule has 0 spiro atoms. The van der Waals surface area contributed by atoms with Crippen LogP contribution in [0.15, 0.2) is 0 Å². The maximum absolute atomic E-state index is 12.6. The van der Waals surface area contributed by atoms with Gasteiger partial charge in [0.05, 0.1) is 34.4 Å². The molecule has 0 rings (SSSR count). The normalized spacial score (nSPS) is 13.6. The second-order valence-corrected chi connectivity index (χ2v) is 20.0. The molecule has 0 aromatic rings. The maximum atomic E-state index is 12.6. The van der Waals surface area contributed by atoms with Gasteiger partial charge in [-0.05, 0) is 12.8 Å². The first-order chi connectivity index (χ1) is 28.1.